The highest BCUT2D eigenvalue weighted by atomic mass is 32.1. The molecule has 1 aromatic heterocycles. The van der Waals surface area contributed by atoms with Gasteiger partial charge in [0.15, 0.2) is 5.78 Å². The van der Waals surface area contributed by atoms with Gasteiger partial charge in [-0.05, 0) is 29.1 Å². The number of morpholine rings is 1. The monoisotopic (exact) mass is 428 g/mol. The number of likely N-dealkylation sites (tertiary alicyclic amines) is 1. The number of rotatable bonds is 7. The van der Waals surface area contributed by atoms with Crippen LogP contribution >= 0.6 is 11.3 Å². The van der Waals surface area contributed by atoms with Gasteiger partial charge in [0.2, 0.25) is 5.78 Å². The van der Waals surface area contributed by atoms with Gasteiger partial charge in [-0.2, -0.15) is 0 Å². The van der Waals surface area contributed by atoms with Gasteiger partial charge in [0, 0.05) is 26.2 Å². The fourth-order valence-corrected chi connectivity index (χ4v) is 4.78. The van der Waals surface area contributed by atoms with E-state index >= 15 is 0 Å². The average molecular weight is 429 g/mol. The van der Waals surface area contributed by atoms with E-state index < -0.39 is 23.7 Å². The minimum absolute atomic E-state index is 0.301. The Hall–Kier alpha value is -2.55. The second kappa shape index (κ2) is 9.07. The van der Waals surface area contributed by atoms with Gasteiger partial charge in [-0.15, -0.1) is 11.3 Å². The summed E-state index contributed by atoms with van der Waals surface area (Å²) in [5.41, 5.74) is 0.727. The number of thiophene rings is 1. The van der Waals surface area contributed by atoms with Crippen molar-refractivity contribution in [2.45, 2.75) is 6.04 Å². The second-order valence-electron chi connectivity index (χ2n) is 7.36. The number of ketones is 2. The van der Waals surface area contributed by atoms with Crippen molar-refractivity contribution in [3.63, 3.8) is 0 Å². The molecule has 2 saturated heterocycles. The summed E-state index contributed by atoms with van der Waals surface area (Å²) in [7, 11) is 1.56. The van der Waals surface area contributed by atoms with Crippen LogP contribution in [0.5, 0.6) is 5.75 Å². The topological polar surface area (TPSA) is 76.2 Å². The Labute approximate surface area is 179 Å². The van der Waals surface area contributed by atoms with Crippen LogP contribution in [0.4, 0.5) is 0 Å². The van der Waals surface area contributed by atoms with E-state index in [2.05, 4.69) is 4.90 Å². The highest BCUT2D eigenvalue weighted by molar-refractivity contribution is 7.12. The van der Waals surface area contributed by atoms with Gasteiger partial charge in [0.05, 0.1) is 31.2 Å². The van der Waals surface area contributed by atoms with Crippen molar-refractivity contribution >= 4 is 28.8 Å². The van der Waals surface area contributed by atoms with Crippen molar-refractivity contribution < 1.29 is 23.9 Å². The number of carbonyl (C=O) groups is 3. The SMILES string of the molecule is COc1cccc(C2C(C(=O)c3cccs3)C(=O)C(=O)N2CCN2CCOCC2)c1. The summed E-state index contributed by atoms with van der Waals surface area (Å²) in [5.74, 6) is -1.96. The van der Waals surface area contributed by atoms with E-state index in [9.17, 15) is 14.4 Å². The van der Waals surface area contributed by atoms with E-state index in [1.165, 1.54) is 11.3 Å². The van der Waals surface area contributed by atoms with Gasteiger partial charge < -0.3 is 14.4 Å². The molecule has 1 aromatic carbocycles. The maximum absolute atomic E-state index is 13.2. The van der Waals surface area contributed by atoms with Crippen molar-refractivity contribution in [3.8, 4) is 5.75 Å². The van der Waals surface area contributed by atoms with E-state index in [0.29, 0.717) is 36.9 Å². The zero-order chi connectivity index (χ0) is 21.1. The highest BCUT2D eigenvalue weighted by Gasteiger charge is 2.51. The van der Waals surface area contributed by atoms with Crippen LogP contribution in [-0.2, 0) is 14.3 Å². The van der Waals surface area contributed by atoms with E-state index in [0.717, 1.165) is 18.7 Å². The minimum Gasteiger partial charge on any atom is -0.497 e. The lowest BCUT2D eigenvalue weighted by Gasteiger charge is -2.31. The van der Waals surface area contributed by atoms with Gasteiger partial charge in [-0.25, -0.2) is 0 Å². The van der Waals surface area contributed by atoms with Crippen LogP contribution in [0.15, 0.2) is 41.8 Å². The molecule has 2 aromatic rings. The Balaban J connectivity index is 1.66. The van der Waals surface area contributed by atoms with Gasteiger partial charge in [0.25, 0.3) is 5.91 Å². The number of benzene rings is 1. The van der Waals surface area contributed by atoms with Crippen molar-refractivity contribution in [2.75, 3.05) is 46.5 Å². The number of amides is 1. The van der Waals surface area contributed by atoms with E-state index in [-0.39, 0.29) is 5.78 Å². The molecule has 30 heavy (non-hydrogen) atoms. The first-order chi connectivity index (χ1) is 14.6. The molecule has 2 unspecified atom stereocenters. The lowest BCUT2D eigenvalue weighted by Crippen LogP contribution is -2.42. The van der Waals surface area contributed by atoms with Gasteiger partial charge in [-0.1, -0.05) is 18.2 Å². The maximum Gasteiger partial charge on any atom is 0.291 e. The molecule has 0 bridgehead atoms. The quantitative estimate of drug-likeness (QED) is 0.382. The third kappa shape index (κ3) is 4.03. The molecule has 7 nitrogen and oxygen atoms in total. The molecule has 3 heterocycles. The molecule has 2 aliphatic rings. The molecule has 0 saturated carbocycles. The summed E-state index contributed by atoms with van der Waals surface area (Å²) in [6.07, 6.45) is 0. The smallest absolute Gasteiger partial charge is 0.291 e. The van der Waals surface area contributed by atoms with Crippen LogP contribution in [0.2, 0.25) is 0 Å². The normalized spacial score (nSPS) is 22.5. The number of methoxy groups -OCH3 is 1. The minimum atomic E-state index is -1.05. The Morgan fingerprint density at radius 2 is 1.97 bits per heavy atom. The molecule has 0 spiro atoms. The molecular weight excluding hydrogens is 404 g/mol. The number of carbonyl (C=O) groups excluding carboxylic acids is 3. The Morgan fingerprint density at radius 3 is 2.67 bits per heavy atom. The fraction of sp³-hybridized carbons (Fsp3) is 0.409. The van der Waals surface area contributed by atoms with Crippen LogP contribution in [0, 0.1) is 5.92 Å². The van der Waals surface area contributed by atoms with Crippen LogP contribution in [0.3, 0.4) is 0 Å². The van der Waals surface area contributed by atoms with E-state index in [1.54, 1.807) is 41.7 Å². The number of ether oxygens (including phenoxy) is 2. The van der Waals surface area contributed by atoms with Crippen molar-refractivity contribution in [2.24, 2.45) is 5.92 Å². The predicted octanol–water partition coefficient (Wildman–Crippen LogP) is 2.04. The fourth-order valence-electron chi connectivity index (χ4n) is 4.07. The Kier molecular flexibility index (Phi) is 6.26. The van der Waals surface area contributed by atoms with Crippen molar-refractivity contribution in [3.05, 3.63) is 52.2 Å². The predicted molar refractivity (Wildman–Crippen MR) is 112 cm³/mol. The molecule has 2 aliphatic heterocycles. The zero-order valence-electron chi connectivity index (χ0n) is 16.8. The molecule has 8 heteroatoms. The van der Waals surface area contributed by atoms with Gasteiger partial charge in [-0.3, -0.25) is 19.3 Å². The van der Waals surface area contributed by atoms with Crippen molar-refractivity contribution in [1.82, 2.24) is 9.80 Å². The van der Waals surface area contributed by atoms with Crippen LogP contribution < -0.4 is 4.74 Å². The number of nitrogens with zero attached hydrogens (tertiary/aromatic N) is 2. The largest absolute Gasteiger partial charge is 0.497 e. The summed E-state index contributed by atoms with van der Waals surface area (Å²) in [4.78, 5) is 43.4. The Bertz CT molecular complexity index is 923. The highest BCUT2D eigenvalue weighted by Crippen LogP contribution is 2.39. The first-order valence-electron chi connectivity index (χ1n) is 9.96. The van der Waals surface area contributed by atoms with Gasteiger partial charge in [0.1, 0.15) is 11.7 Å². The molecule has 0 radical (unpaired) electrons. The molecule has 0 aliphatic carbocycles. The summed E-state index contributed by atoms with van der Waals surface area (Å²) in [5, 5.41) is 1.80. The third-order valence-electron chi connectivity index (χ3n) is 5.65. The number of hydrogen-bond acceptors (Lipinski definition) is 7. The summed E-state index contributed by atoms with van der Waals surface area (Å²) < 4.78 is 10.7. The summed E-state index contributed by atoms with van der Waals surface area (Å²) in [6, 6.07) is 10.1. The first-order valence-corrected chi connectivity index (χ1v) is 10.8. The molecule has 2 fully saturated rings. The number of Topliss-reactive ketones (excluding diaryl/α,β-unsaturated/α-hetero) is 2. The molecule has 1 amide bonds. The molecule has 2 atom stereocenters. The third-order valence-corrected chi connectivity index (χ3v) is 6.53. The Morgan fingerprint density at radius 1 is 1.17 bits per heavy atom. The lowest BCUT2D eigenvalue weighted by molar-refractivity contribution is -0.141. The first kappa shape index (κ1) is 20.7. The summed E-state index contributed by atoms with van der Waals surface area (Å²) >= 11 is 1.28. The van der Waals surface area contributed by atoms with Gasteiger partial charge >= 0.3 is 0 Å². The van der Waals surface area contributed by atoms with E-state index in [4.69, 9.17) is 9.47 Å². The maximum atomic E-state index is 13.2. The van der Waals surface area contributed by atoms with Crippen LogP contribution in [0.25, 0.3) is 0 Å². The average Bonchev–Trinajstić information content (AvgIpc) is 3.40. The zero-order valence-corrected chi connectivity index (χ0v) is 17.6. The standard InChI is InChI=1S/C22H24N2O5S/c1-28-16-5-2-4-15(14-16)19-18(20(25)17-6-3-13-30-17)21(26)22(27)24(19)8-7-23-9-11-29-12-10-23/h2-6,13-14,18-19H,7-12H2,1H3. The number of hydrogen-bond donors (Lipinski definition) is 0. The lowest BCUT2D eigenvalue weighted by atomic mass is 9.88. The second-order valence-corrected chi connectivity index (χ2v) is 8.31. The van der Waals surface area contributed by atoms with Crippen molar-refractivity contribution in [1.29, 1.82) is 0 Å². The van der Waals surface area contributed by atoms with Crippen LogP contribution in [-0.4, -0.2) is 73.8 Å². The molecular formula is C22H24N2O5S. The molecule has 158 valence electrons. The molecule has 4 rings (SSSR count). The molecule has 0 N–H and O–H groups in total. The van der Waals surface area contributed by atoms with Crippen LogP contribution in [0.1, 0.15) is 21.3 Å². The summed E-state index contributed by atoms with van der Waals surface area (Å²) in [6.45, 7) is 3.90. The van der Waals surface area contributed by atoms with E-state index in [1.807, 2.05) is 12.1 Å².